The highest BCUT2D eigenvalue weighted by atomic mass is 35.5. The molecule has 3 N–H and O–H groups in total. The summed E-state index contributed by atoms with van der Waals surface area (Å²) in [6, 6.07) is 8.01. The maximum atomic E-state index is 5.78. The van der Waals surface area contributed by atoms with Gasteiger partial charge in [-0.25, -0.2) is 0 Å². The average molecular weight is 199 g/mol. The van der Waals surface area contributed by atoms with Gasteiger partial charge in [-0.15, -0.1) is 0 Å². The van der Waals surface area contributed by atoms with E-state index in [1.54, 1.807) is 0 Å². The van der Waals surface area contributed by atoms with Gasteiger partial charge >= 0.3 is 0 Å². The first kappa shape index (κ1) is 10.5. The summed E-state index contributed by atoms with van der Waals surface area (Å²) in [5.41, 5.74) is 3.98. The zero-order chi connectivity index (χ0) is 9.68. The van der Waals surface area contributed by atoms with Crippen molar-refractivity contribution in [2.24, 2.45) is 5.84 Å². The fourth-order valence-electron chi connectivity index (χ4n) is 1.33. The Morgan fingerprint density at radius 3 is 2.46 bits per heavy atom. The van der Waals surface area contributed by atoms with Crippen molar-refractivity contribution in [1.29, 1.82) is 0 Å². The summed E-state index contributed by atoms with van der Waals surface area (Å²) < 4.78 is 0. The van der Waals surface area contributed by atoms with E-state index in [4.69, 9.17) is 17.4 Å². The molecule has 13 heavy (non-hydrogen) atoms. The van der Waals surface area contributed by atoms with E-state index < -0.39 is 0 Å². The van der Waals surface area contributed by atoms with E-state index in [1.807, 2.05) is 24.3 Å². The van der Waals surface area contributed by atoms with Gasteiger partial charge in [-0.2, -0.15) is 0 Å². The van der Waals surface area contributed by atoms with Crippen LogP contribution in [0.2, 0.25) is 5.02 Å². The van der Waals surface area contributed by atoms with Gasteiger partial charge < -0.3 is 0 Å². The third-order valence-electron chi connectivity index (χ3n) is 2.05. The second kappa shape index (κ2) is 5.22. The fraction of sp³-hybridized carbons (Fsp3) is 0.400. The summed E-state index contributed by atoms with van der Waals surface area (Å²) in [6.45, 7) is 2.14. The molecule has 0 aliphatic heterocycles. The lowest BCUT2D eigenvalue weighted by molar-refractivity contribution is 0.510. The van der Waals surface area contributed by atoms with Gasteiger partial charge in [0.15, 0.2) is 0 Å². The summed E-state index contributed by atoms with van der Waals surface area (Å²) in [5.74, 6) is 5.45. The minimum atomic E-state index is 0.238. The van der Waals surface area contributed by atoms with Crippen LogP contribution in [0.5, 0.6) is 0 Å². The molecule has 0 spiro atoms. The summed E-state index contributed by atoms with van der Waals surface area (Å²) in [6.07, 6.45) is 2.15. The van der Waals surface area contributed by atoms with Crippen molar-refractivity contribution in [3.63, 3.8) is 0 Å². The highest BCUT2D eigenvalue weighted by Crippen LogP contribution is 2.19. The van der Waals surface area contributed by atoms with Crippen LogP contribution < -0.4 is 11.3 Å². The molecule has 2 nitrogen and oxygen atoms in total. The Morgan fingerprint density at radius 1 is 1.38 bits per heavy atom. The molecule has 0 radical (unpaired) electrons. The first-order valence-corrected chi connectivity index (χ1v) is 4.87. The van der Waals surface area contributed by atoms with Crippen LogP contribution >= 0.6 is 11.6 Å². The van der Waals surface area contributed by atoms with Crippen molar-refractivity contribution in [3.05, 3.63) is 34.9 Å². The summed E-state index contributed by atoms with van der Waals surface area (Å²) >= 11 is 5.78. The van der Waals surface area contributed by atoms with Gasteiger partial charge in [-0.1, -0.05) is 37.1 Å². The molecule has 0 bridgehead atoms. The monoisotopic (exact) mass is 198 g/mol. The summed E-state index contributed by atoms with van der Waals surface area (Å²) in [7, 11) is 0. The summed E-state index contributed by atoms with van der Waals surface area (Å²) in [4.78, 5) is 0. The van der Waals surface area contributed by atoms with Crippen molar-refractivity contribution in [2.45, 2.75) is 25.8 Å². The Bertz CT molecular complexity index is 246. The molecule has 0 saturated carbocycles. The summed E-state index contributed by atoms with van der Waals surface area (Å²) in [5, 5.41) is 0.760. The van der Waals surface area contributed by atoms with E-state index in [0.717, 1.165) is 17.9 Å². The maximum Gasteiger partial charge on any atom is 0.0459 e. The van der Waals surface area contributed by atoms with E-state index in [1.165, 1.54) is 5.56 Å². The van der Waals surface area contributed by atoms with Crippen molar-refractivity contribution in [2.75, 3.05) is 0 Å². The van der Waals surface area contributed by atoms with Gasteiger partial charge in [0.05, 0.1) is 0 Å². The first-order valence-electron chi connectivity index (χ1n) is 4.49. The SMILES string of the molecule is CCCC(NN)c1ccc(Cl)cc1. The molecular formula is C10H15ClN2. The number of benzene rings is 1. The number of hydrogen-bond acceptors (Lipinski definition) is 2. The molecule has 0 aliphatic rings. The lowest BCUT2D eigenvalue weighted by atomic mass is 10.0. The lowest BCUT2D eigenvalue weighted by Gasteiger charge is -2.14. The first-order chi connectivity index (χ1) is 6.27. The van der Waals surface area contributed by atoms with E-state index in [0.29, 0.717) is 0 Å². The standard InChI is InChI=1S/C10H15ClN2/c1-2-3-10(13-12)8-4-6-9(11)7-5-8/h4-7,10,13H,2-3,12H2,1H3. The average Bonchev–Trinajstić information content (AvgIpc) is 2.16. The largest absolute Gasteiger partial charge is 0.271 e. The van der Waals surface area contributed by atoms with Gasteiger partial charge in [0.1, 0.15) is 0 Å². The predicted molar refractivity (Wildman–Crippen MR) is 56.4 cm³/mol. The highest BCUT2D eigenvalue weighted by Gasteiger charge is 2.06. The molecule has 1 atom stereocenters. The van der Waals surface area contributed by atoms with Gasteiger partial charge in [0, 0.05) is 11.1 Å². The number of hydrogen-bond donors (Lipinski definition) is 2. The Labute approximate surface area is 84.1 Å². The molecule has 0 heterocycles. The second-order valence-electron chi connectivity index (χ2n) is 3.06. The van der Waals surface area contributed by atoms with Crippen molar-refractivity contribution >= 4 is 11.6 Å². The lowest BCUT2D eigenvalue weighted by Crippen LogP contribution is -2.27. The molecule has 0 fully saturated rings. The minimum Gasteiger partial charge on any atom is -0.271 e. The molecule has 0 aromatic heterocycles. The van der Waals surface area contributed by atoms with Crippen LogP contribution in [0.15, 0.2) is 24.3 Å². The molecule has 1 aromatic carbocycles. The highest BCUT2D eigenvalue weighted by molar-refractivity contribution is 6.30. The number of hydrazine groups is 1. The maximum absolute atomic E-state index is 5.78. The van der Waals surface area contributed by atoms with Crippen LogP contribution in [-0.2, 0) is 0 Å². The van der Waals surface area contributed by atoms with Crippen molar-refractivity contribution in [3.8, 4) is 0 Å². The van der Waals surface area contributed by atoms with E-state index in [9.17, 15) is 0 Å². The van der Waals surface area contributed by atoms with Gasteiger partial charge in [0.2, 0.25) is 0 Å². The zero-order valence-electron chi connectivity index (χ0n) is 7.76. The molecule has 3 heteroatoms. The van der Waals surface area contributed by atoms with Gasteiger partial charge in [0.25, 0.3) is 0 Å². The van der Waals surface area contributed by atoms with Gasteiger partial charge in [-0.3, -0.25) is 11.3 Å². The molecule has 0 saturated heterocycles. The molecular weight excluding hydrogens is 184 g/mol. The molecule has 0 amide bonds. The molecule has 1 unspecified atom stereocenters. The van der Waals surface area contributed by atoms with Crippen LogP contribution in [0.1, 0.15) is 31.4 Å². The Morgan fingerprint density at radius 2 is 2.00 bits per heavy atom. The van der Waals surface area contributed by atoms with Crippen LogP contribution in [-0.4, -0.2) is 0 Å². The number of nitrogens with one attached hydrogen (secondary N) is 1. The molecule has 72 valence electrons. The third-order valence-corrected chi connectivity index (χ3v) is 2.30. The third kappa shape index (κ3) is 2.99. The number of nitrogens with two attached hydrogens (primary N) is 1. The van der Waals surface area contributed by atoms with Crippen molar-refractivity contribution < 1.29 is 0 Å². The predicted octanol–water partition coefficient (Wildman–Crippen LogP) is 2.64. The smallest absolute Gasteiger partial charge is 0.0459 e. The van der Waals surface area contributed by atoms with E-state index in [2.05, 4.69) is 12.3 Å². The Balaban J connectivity index is 2.73. The Hall–Kier alpha value is -0.570. The number of halogens is 1. The Kier molecular flexibility index (Phi) is 4.22. The second-order valence-corrected chi connectivity index (χ2v) is 3.50. The molecule has 1 aromatic rings. The van der Waals surface area contributed by atoms with Crippen LogP contribution in [0.4, 0.5) is 0 Å². The minimum absolute atomic E-state index is 0.238. The quantitative estimate of drug-likeness (QED) is 0.577. The van der Waals surface area contributed by atoms with Gasteiger partial charge in [-0.05, 0) is 24.1 Å². The normalized spacial score (nSPS) is 12.8. The topological polar surface area (TPSA) is 38.0 Å². The van der Waals surface area contributed by atoms with Crippen LogP contribution in [0.25, 0.3) is 0 Å². The fourth-order valence-corrected chi connectivity index (χ4v) is 1.46. The molecule has 0 aliphatic carbocycles. The van der Waals surface area contributed by atoms with Crippen LogP contribution in [0, 0.1) is 0 Å². The van der Waals surface area contributed by atoms with E-state index >= 15 is 0 Å². The van der Waals surface area contributed by atoms with Crippen LogP contribution in [0.3, 0.4) is 0 Å². The number of rotatable bonds is 4. The molecule has 1 rings (SSSR count). The van der Waals surface area contributed by atoms with Crippen molar-refractivity contribution in [1.82, 2.24) is 5.43 Å². The zero-order valence-corrected chi connectivity index (χ0v) is 8.51. The van der Waals surface area contributed by atoms with E-state index in [-0.39, 0.29) is 6.04 Å².